The molecule has 0 bridgehead atoms. The summed E-state index contributed by atoms with van der Waals surface area (Å²) in [6, 6.07) is 1.64. The van der Waals surface area contributed by atoms with Gasteiger partial charge in [-0.1, -0.05) is 11.6 Å². The van der Waals surface area contributed by atoms with E-state index < -0.39 is 44.8 Å². The maximum Gasteiger partial charge on any atom is 0.433 e. The van der Waals surface area contributed by atoms with E-state index in [-0.39, 0.29) is 18.7 Å². The largest absolute Gasteiger partial charge is 0.433 e. The lowest BCUT2D eigenvalue weighted by Gasteiger charge is -2.18. The summed E-state index contributed by atoms with van der Waals surface area (Å²) in [6.45, 7) is -0.158. The predicted octanol–water partition coefficient (Wildman–Crippen LogP) is 2.41. The van der Waals surface area contributed by atoms with Crippen LogP contribution in [0.5, 0.6) is 0 Å². The molecule has 1 aliphatic rings. The third-order valence-electron chi connectivity index (χ3n) is 3.05. The van der Waals surface area contributed by atoms with E-state index in [9.17, 15) is 30.3 Å². The fourth-order valence-electron chi connectivity index (χ4n) is 2.19. The number of carbonyl (C=O) groups is 1. The zero-order valence-electron chi connectivity index (χ0n) is 10.8. The van der Waals surface area contributed by atoms with Gasteiger partial charge in [0.2, 0.25) is 5.91 Å². The highest BCUT2D eigenvalue weighted by molar-refractivity contribution is 7.86. The van der Waals surface area contributed by atoms with E-state index in [1.165, 1.54) is 0 Å². The molecule has 1 aromatic rings. The van der Waals surface area contributed by atoms with Crippen LogP contribution in [0.25, 0.3) is 0 Å². The Balaban J connectivity index is 2.24. The average molecular weight is 361 g/mol. The molecule has 11 heteroatoms. The van der Waals surface area contributed by atoms with Crippen LogP contribution in [0, 0.1) is 5.92 Å². The molecule has 22 heavy (non-hydrogen) atoms. The van der Waals surface area contributed by atoms with Crippen molar-refractivity contribution in [3.8, 4) is 0 Å². The van der Waals surface area contributed by atoms with Gasteiger partial charge in [0.25, 0.3) is 0 Å². The quantitative estimate of drug-likeness (QED) is 0.471. The number of nitrogens with zero attached hydrogens (tertiary/aromatic N) is 2. The second-order valence-electron chi connectivity index (χ2n) is 4.78. The SMILES string of the molecule is O=C1CC(CS(=O)(=O)F)CN1c1ccc(C(F)(F)F)nc1Cl. The van der Waals surface area contributed by atoms with Crippen molar-refractivity contribution in [2.45, 2.75) is 12.6 Å². The maximum absolute atomic E-state index is 12.6. The lowest BCUT2D eigenvalue weighted by molar-refractivity contribution is -0.141. The normalized spacial score (nSPS) is 19.8. The highest BCUT2D eigenvalue weighted by Gasteiger charge is 2.37. The lowest BCUT2D eigenvalue weighted by atomic mass is 10.1. The molecule has 0 aromatic carbocycles. The molecule has 1 unspecified atom stereocenters. The predicted molar refractivity (Wildman–Crippen MR) is 69.6 cm³/mol. The topological polar surface area (TPSA) is 67.3 Å². The van der Waals surface area contributed by atoms with Gasteiger partial charge in [-0.25, -0.2) is 4.98 Å². The van der Waals surface area contributed by atoms with Gasteiger partial charge < -0.3 is 4.90 Å². The van der Waals surface area contributed by atoms with Crippen LogP contribution in [0.15, 0.2) is 12.1 Å². The van der Waals surface area contributed by atoms with Crippen molar-refractivity contribution in [1.29, 1.82) is 0 Å². The fraction of sp³-hybridized carbons (Fsp3) is 0.455. The summed E-state index contributed by atoms with van der Waals surface area (Å²) in [7, 11) is -4.75. The van der Waals surface area contributed by atoms with Gasteiger partial charge in [-0.3, -0.25) is 4.79 Å². The molecule has 1 aliphatic heterocycles. The molecule has 1 atom stereocenters. The van der Waals surface area contributed by atoms with E-state index in [1.807, 2.05) is 0 Å². The van der Waals surface area contributed by atoms with Crippen LogP contribution in [0.3, 0.4) is 0 Å². The molecule has 0 spiro atoms. The Kier molecular flexibility index (Phi) is 4.35. The first-order valence-electron chi connectivity index (χ1n) is 5.94. The van der Waals surface area contributed by atoms with Crippen LogP contribution >= 0.6 is 11.6 Å². The first-order chi connectivity index (χ1) is 9.97. The lowest BCUT2D eigenvalue weighted by Crippen LogP contribution is -2.26. The molecule has 2 rings (SSSR count). The zero-order valence-corrected chi connectivity index (χ0v) is 12.3. The van der Waals surface area contributed by atoms with Crippen LogP contribution in [0.1, 0.15) is 12.1 Å². The van der Waals surface area contributed by atoms with Gasteiger partial charge in [0.1, 0.15) is 5.69 Å². The molecule has 0 aliphatic carbocycles. The Morgan fingerprint density at radius 1 is 1.36 bits per heavy atom. The number of hydrogen-bond donors (Lipinski definition) is 0. The Hall–Kier alpha value is -1.42. The van der Waals surface area contributed by atoms with Crippen molar-refractivity contribution in [2.24, 2.45) is 5.92 Å². The summed E-state index contributed by atoms with van der Waals surface area (Å²) < 4.78 is 71.3. The molecule has 0 radical (unpaired) electrons. The highest BCUT2D eigenvalue weighted by Crippen LogP contribution is 2.34. The zero-order chi connectivity index (χ0) is 16.7. The minimum absolute atomic E-state index is 0.0709. The van der Waals surface area contributed by atoms with Crippen molar-refractivity contribution in [1.82, 2.24) is 4.98 Å². The summed E-state index contributed by atoms with van der Waals surface area (Å²) >= 11 is 5.66. The van der Waals surface area contributed by atoms with Crippen LogP contribution < -0.4 is 4.90 Å². The molecule has 1 aromatic heterocycles. The molecule has 122 valence electrons. The molecular weight excluding hydrogens is 352 g/mol. The summed E-state index contributed by atoms with van der Waals surface area (Å²) in [5.74, 6) is -2.18. The van der Waals surface area contributed by atoms with Crippen molar-refractivity contribution < 1.29 is 30.3 Å². The van der Waals surface area contributed by atoms with Gasteiger partial charge in [-0.15, -0.1) is 3.89 Å². The Morgan fingerprint density at radius 3 is 2.50 bits per heavy atom. The second-order valence-corrected chi connectivity index (χ2v) is 6.55. The highest BCUT2D eigenvalue weighted by atomic mass is 35.5. The third-order valence-corrected chi connectivity index (χ3v) is 4.20. The fourth-order valence-corrected chi connectivity index (χ4v) is 3.24. The van der Waals surface area contributed by atoms with Gasteiger partial charge in [-0.05, 0) is 12.1 Å². The second kappa shape index (κ2) is 5.65. The van der Waals surface area contributed by atoms with Crippen molar-refractivity contribution in [3.63, 3.8) is 0 Å². The van der Waals surface area contributed by atoms with E-state index >= 15 is 0 Å². The summed E-state index contributed by atoms with van der Waals surface area (Å²) in [5, 5.41) is -0.535. The van der Waals surface area contributed by atoms with Crippen molar-refractivity contribution in [2.75, 3.05) is 17.2 Å². The van der Waals surface area contributed by atoms with Gasteiger partial charge in [0.05, 0.1) is 11.4 Å². The number of hydrogen-bond acceptors (Lipinski definition) is 4. The van der Waals surface area contributed by atoms with E-state index in [0.717, 1.165) is 11.0 Å². The maximum atomic E-state index is 12.6. The molecule has 1 fully saturated rings. The third kappa shape index (κ3) is 3.86. The van der Waals surface area contributed by atoms with E-state index in [4.69, 9.17) is 11.6 Å². The van der Waals surface area contributed by atoms with E-state index in [1.54, 1.807) is 0 Å². The van der Waals surface area contributed by atoms with Gasteiger partial charge in [-0.2, -0.15) is 21.6 Å². The molecule has 5 nitrogen and oxygen atoms in total. The summed E-state index contributed by atoms with van der Waals surface area (Å²) in [5.41, 5.74) is -1.28. The molecule has 2 heterocycles. The summed E-state index contributed by atoms with van der Waals surface area (Å²) in [4.78, 5) is 16.0. The Labute approximate surface area is 128 Å². The number of aromatic nitrogens is 1. The van der Waals surface area contributed by atoms with Crippen molar-refractivity contribution in [3.05, 3.63) is 23.0 Å². The number of carbonyl (C=O) groups excluding carboxylic acids is 1. The molecule has 1 amide bonds. The first kappa shape index (κ1) is 16.9. The smallest absolute Gasteiger partial charge is 0.309 e. The number of alkyl halides is 3. The van der Waals surface area contributed by atoms with Crippen LogP contribution in [0.4, 0.5) is 22.7 Å². The van der Waals surface area contributed by atoms with E-state index in [0.29, 0.717) is 6.07 Å². The molecule has 0 N–H and O–H groups in total. The molecule has 0 saturated carbocycles. The van der Waals surface area contributed by atoms with Gasteiger partial charge in [0.15, 0.2) is 5.15 Å². The number of pyridine rings is 1. The monoisotopic (exact) mass is 360 g/mol. The minimum atomic E-state index is -4.75. The standard InChI is InChI=1S/C11H9ClF4N2O3S/c12-10-7(1-2-8(17-10)11(13,14)15)18-4-6(3-9(18)19)5-22(16,20)21/h1-2,6H,3-5H2. The van der Waals surface area contributed by atoms with Crippen molar-refractivity contribution >= 4 is 33.4 Å². The minimum Gasteiger partial charge on any atom is -0.309 e. The number of amides is 1. The van der Waals surface area contributed by atoms with Crippen LogP contribution in [-0.2, 0) is 21.2 Å². The number of halogens is 5. The first-order valence-corrected chi connectivity index (χ1v) is 7.87. The van der Waals surface area contributed by atoms with Gasteiger partial charge >= 0.3 is 16.4 Å². The summed E-state index contributed by atoms with van der Waals surface area (Å²) in [6.07, 6.45) is -4.91. The average Bonchev–Trinajstić information content (AvgIpc) is 2.66. The Morgan fingerprint density at radius 2 is 2.00 bits per heavy atom. The van der Waals surface area contributed by atoms with Crippen LogP contribution in [-0.4, -0.2) is 31.6 Å². The number of anilines is 1. The number of rotatable bonds is 3. The van der Waals surface area contributed by atoms with E-state index in [2.05, 4.69) is 4.98 Å². The van der Waals surface area contributed by atoms with Crippen LogP contribution in [0.2, 0.25) is 5.15 Å². The Bertz CT molecular complexity index is 708. The molecular formula is C11H9ClF4N2O3S. The molecule has 1 saturated heterocycles. The van der Waals surface area contributed by atoms with Gasteiger partial charge in [0, 0.05) is 18.9 Å².